The van der Waals surface area contributed by atoms with Crippen LogP contribution >= 0.6 is 0 Å². The van der Waals surface area contributed by atoms with Gasteiger partial charge in [-0.3, -0.25) is 4.79 Å². The second kappa shape index (κ2) is 8.31. The largest absolute Gasteiger partial charge is 0.495 e. The highest BCUT2D eigenvalue weighted by Crippen LogP contribution is 2.25. The van der Waals surface area contributed by atoms with E-state index in [0.717, 1.165) is 21.5 Å². The monoisotopic (exact) mass is 418 g/mol. The first-order chi connectivity index (χ1) is 14.9. The summed E-state index contributed by atoms with van der Waals surface area (Å²) in [5.74, 6) is 0.882. The van der Waals surface area contributed by atoms with Gasteiger partial charge in [-0.1, -0.05) is 23.8 Å². The number of benzene rings is 2. The Labute approximate surface area is 178 Å². The highest BCUT2D eigenvalue weighted by molar-refractivity contribution is 5.92. The zero-order valence-electron chi connectivity index (χ0n) is 17.4. The van der Waals surface area contributed by atoms with E-state index in [9.17, 15) is 9.59 Å². The van der Waals surface area contributed by atoms with Crippen LogP contribution in [-0.2, 0) is 11.3 Å². The maximum Gasteiger partial charge on any atom is 0.352 e. The summed E-state index contributed by atoms with van der Waals surface area (Å²) in [5, 5.41) is 10.1. The number of fused-ring (bicyclic) bond motifs is 1. The first-order valence-electron chi connectivity index (χ1n) is 9.67. The quantitative estimate of drug-likeness (QED) is 0.499. The molecular formula is C22H22N6O3. The summed E-state index contributed by atoms with van der Waals surface area (Å²) in [6.45, 7) is 3.67. The van der Waals surface area contributed by atoms with Gasteiger partial charge in [0.1, 0.15) is 18.1 Å². The lowest BCUT2D eigenvalue weighted by Gasteiger charge is -2.10. The molecule has 2 aromatic heterocycles. The molecule has 0 saturated heterocycles. The number of carbonyl (C=O) groups excluding carboxylic acids is 1. The number of methoxy groups -OCH3 is 1. The molecule has 2 N–H and O–H groups in total. The van der Waals surface area contributed by atoms with E-state index < -0.39 is 11.6 Å². The Hall–Kier alpha value is -4.14. The minimum absolute atomic E-state index is 0.197. The van der Waals surface area contributed by atoms with Gasteiger partial charge < -0.3 is 15.4 Å². The number of anilines is 3. The van der Waals surface area contributed by atoms with Gasteiger partial charge in [-0.05, 0) is 49.7 Å². The molecule has 0 bridgehead atoms. The molecule has 158 valence electrons. The van der Waals surface area contributed by atoms with Crippen LogP contribution in [0.2, 0.25) is 0 Å². The molecule has 0 spiro atoms. The third-order valence-electron chi connectivity index (χ3n) is 4.70. The van der Waals surface area contributed by atoms with E-state index in [0.29, 0.717) is 17.3 Å². The van der Waals surface area contributed by atoms with Crippen molar-refractivity contribution in [2.45, 2.75) is 20.4 Å². The summed E-state index contributed by atoms with van der Waals surface area (Å²) in [5.41, 5.74) is 3.08. The number of nitrogens with zero attached hydrogens (tertiary/aromatic N) is 4. The Bertz CT molecular complexity index is 1310. The molecule has 9 heteroatoms. The van der Waals surface area contributed by atoms with Crippen molar-refractivity contribution in [3.8, 4) is 5.75 Å². The molecule has 0 saturated carbocycles. The standard InChI is InChI=1S/C22H22N6O3/c1-14-4-7-16(8-5-14)23-19-10-11-27-21(25-19)26-28(22(27)30)13-20(29)24-17-12-15(2)6-9-18(17)31-3/h4-12H,13H2,1-3H3,(H,24,29)(H,23,25,26). The van der Waals surface area contributed by atoms with Crippen molar-refractivity contribution in [1.29, 1.82) is 0 Å². The molecule has 1 amide bonds. The number of rotatable bonds is 6. The molecule has 2 aromatic carbocycles. The van der Waals surface area contributed by atoms with Crippen LogP contribution in [-0.4, -0.2) is 32.2 Å². The van der Waals surface area contributed by atoms with Crippen LogP contribution < -0.4 is 21.1 Å². The van der Waals surface area contributed by atoms with Crippen molar-refractivity contribution in [1.82, 2.24) is 19.2 Å². The van der Waals surface area contributed by atoms with Crippen LogP contribution in [0, 0.1) is 13.8 Å². The van der Waals surface area contributed by atoms with Gasteiger partial charge in [-0.2, -0.15) is 4.98 Å². The highest BCUT2D eigenvalue weighted by atomic mass is 16.5. The average Bonchev–Trinajstić information content (AvgIpc) is 3.04. The Morgan fingerprint density at radius 2 is 1.81 bits per heavy atom. The fourth-order valence-electron chi connectivity index (χ4n) is 3.11. The van der Waals surface area contributed by atoms with Crippen molar-refractivity contribution in [3.63, 3.8) is 0 Å². The molecule has 0 atom stereocenters. The SMILES string of the molecule is COc1ccc(C)cc1NC(=O)Cn1nc2nc(Nc3ccc(C)cc3)ccn2c1=O. The van der Waals surface area contributed by atoms with Crippen molar-refractivity contribution < 1.29 is 9.53 Å². The predicted octanol–water partition coefficient (Wildman–Crippen LogP) is 2.90. The van der Waals surface area contributed by atoms with Crippen molar-refractivity contribution >= 4 is 28.9 Å². The third kappa shape index (κ3) is 4.40. The second-order valence-electron chi connectivity index (χ2n) is 7.17. The summed E-state index contributed by atoms with van der Waals surface area (Å²) < 4.78 is 7.64. The van der Waals surface area contributed by atoms with Crippen LogP contribution in [0.5, 0.6) is 5.75 Å². The molecular weight excluding hydrogens is 396 g/mol. The van der Waals surface area contributed by atoms with E-state index in [1.165, 1.54) is 11.5 Å². The number of nitrogens with one attached hydrogen (secondary N) is 2. The van der Waals surface area contributed by atoms with Crippen molar-refractivity contribution in [3.05, 3.63) is 76.3 Å². The number of aromatic nitrogens is 4. The topological polar surface area (TPSA) is 103 Å². The summed E-state index contributed by atoms with van der Waals surface area (Å²) in [7, 11) is 1.53. The van der Waals surface area contributed by atoms with Gasteiger partial charge >= 0.3 is 5.69 Å². The number of amides is 1. The lowest BCUT2D eigenvalue weighted by molar-refractivity contribution is -0.117. The smallest absolute Gasteiger partial charge is 0.352 e. The van der Waals surface area contributed by atoms with Crippen LogP contribution in [0.15, 0.2) is 59.5 Å². The lowest BCUT2D eigenvalue weighted by Crippen LogP contribution is -2.28. The number of hydrogen-bond acceptors (Lipinski definition) is 6. The second-order valence-corrected chi connectivity index (χ2v) is 7.17. The number of carbonyl (C=O) groups is 1. The molecule has 0 aliphatic heterocycles. The Morgan fingerprint density at radius 3 is 2.55 bits per heavy atom. The van der Waals surface area contributed by atoms with E-state index in [1.807, 2.05) is 44.2 Å². The van der Waals surface area contributed by atoms with Gasteiger partial charge in [0.25, 0.3) is 5.78 Å². The minimum Gasteiger partial charge on any atom is -0.495 e. The van der Waals surface area contributed by atoms with E-state index in [1.54, 1.807) is 24.4 Å². The molecule has 4 aromatic rings. The van der Waals surface area contributed by atoms with E-state index >= 15 is 0 Å². The Kier molecular flexibility index (Phi) is 5.40. The normalized spacial score (nSPS) is 10.8. The number of ether oxygens (including phenoxy) is 1. The van der Waals surface area contributed by atoms with Gasteiger partial charge in [0.05, 0.1) is 12.8 Å². The van der Waals surface area contributed by atoms with Crippen LogP contribution in [0.1, 0.15) is 11.1 Å². The molecule has 0 unspecified atom stereocenters. The van der Waals surface area contributed by atoms with Gasteiger partial charge in [0, 0.05) is 11.9 Å². The van der Waals surface area contributed by atoms with Gasteiger partial charge in [-0.15, -0.1) is 5.10 Å². The number of aryl methyl sites for hydroxylation is 2. The van der Waals surface area contributed by atoms with E-state index in [-0.39, 0.29) is 12.3 Å². The highest BCUT2D eigenvalue weighted by Gasteiger charge is 2.14. The first kappa shape index (κ1) is 20.1. The summed E-state index contributed by atoms with van der Waals surface area (Å²) >= 11 is 0. The van der Waals surface area contributed by atoms with Crippen LogP contribution in [0.4, 0.5) is 17.2 Å². The van der Waals surface area contributed by atoms with Gasteiger partial charge in [-0.25, -0.2) is 13.9 Å². The molecule has 9 nitrogen and oxygen atoms in total. The fourth-order valence-corrected chi connectivity index (χ4v) is 3.11. The third-order valence-corrected chi connectivity index (χ3v) is 4.70. The fraction of sp³-hybridized carbons (Fsp3) is 0.182. The number of hydrogen-bond donors (Lipinski definition) is 2. The first-order valence-corrected chi connectivity index (χ1v) is 9.67. The van der Waals surface area contributed by atoms with E-state index in [2.05, 4.69) is 20.7 Å². The van der Waals surface area contributed by atoms with Crippen LogP contribution in [0.25, 0.3) is 5.78 Å². The average molecular weight is 418 g/mol. The molecule has 4 rings (SSSR count). The molecule has 2 heterocycles. The molecule has 0 aliphatic rings. The van der Waals surface area contributed by atoms with Gasteiger partial charge in [0.15, 0.2) is 0 Å². The summed E-state index contributed by atoms with van der Waals surface area (Å²) in [6.07, 6.45) is 1.58. The minimum atomic E-state index is -0.448. The molecule has 0 fully saturated rings. The van der Waals surface area contributed by atoms with Crippen molar-refractivity contribution in [2.24, 2.45) is 0 Å². The molecule has 31 heavy (non-hydrogen) atoms. The maximum atomic E-state index is 12.6. The Morgan fingerprint density at radius 1 is 1.06 bits per heavy atom. The maximum absolute atomic E-state index is 12.6. The molecule has 0 radical (unpaired) electrons. The summed E-state index contributed by atoms with van der Waals surface area (Å²) in [4.78, 5) is 29.5. The Balaban J connectivity index is 1.53. The predicted molar refractivity (Wildman–Crippen MR) is 118 cm³/mol. The van der Waals surface area contributed by atoms with Gasteiger partial charge in [0.2, 0.25) is 5.91 Å². The lowest BCUT2D eigenvalue weighted by atomic mass is 10.2. The van der Waals surface area contributed by atoms with Crippen molar-refractivity contribution in [2.75, 3.05) is 17.7 Å². The summed E-state index contributed by atoms with van der Waals surface area (Å²) in [6, 6.07) is 15.0. The molecule has 0 aliphatic carbocycles. The zero-order chi connectivity index (χ0) is 22.0. The van der Waals surface area contributed by atoms with Crippen LogP contribution in [0.3, 0.4) is 0 Å². The van der Waals surface area contributed by atoms with E-state index in [4.69, 9.17) is 4.74 Å². The zero-order valence-corrected chi connectivity index (χ0v) is 17.4.